The van der Waals surface area contributed by atoms with Gasteiger partial charge in [-0.3, -0.25) is 9.59 Å². The first kappa shape index (κ1) is 21.0. The Balaban J connectivity index is 1.55. The van der Waals surface area contributed by atoms with Crippen molar-refractivity contribution in [2.24, 2.45) is 0 Å². The first-order valence-electron chi connectivity index (χ1n) is 9.69. The van der Waals surface area contributed by atoms with Crippen molar-refractivity contribution in [1.29, 1.82) is 0 Å². The Bertz CT molecular complexity index is 1180. The zero-order valence-corrected chi connectivity index (χ0v) is 17.6. The van der Waals surface area contributed by atoms with Crippen LogP contribution in [0.4, 0.5) is 5.69 Å². The first-order valence-corrected chi connectivity index (χ1v) is 11.1. The van der Waals surface area contributed by atoms with Crippen LogP contribution in [0.2, 0.25) is 0 Å². The fourth-order valence-corrected chi connectivity index (χ4v) is 5.07. The van der Waals surface area contributed by atoms with Gasteiger partial charge in [-0.2, -0.15) is 4.31 Å². The molecule has 4 rings (SSSR count). The highest BCUT2D eigenvalue weighted by atomic mass is 32.2. The molecule has 2 amide bonds. The van der Waals surface area contributed by atoms with E-state index in [1.165, 1.54) is 25.1 Å². The number of anilines is 1. The molecule has 0 radical (unpaired) electrons. The van der Waals surface area contributed by atoms with Crippen LogP contribution in [-0.4, -0.2) is 55.7 Å². The number of hydrogen-bond acceptors (Lipinski definition) is 6. The Hall–Kier alpha value is -3.24. The molecule has 0 saturated carbocycles. The number of piperazine rings is 1. The molecule has 2 aromatic rings. The summed E-state index contributed by atoms with van der Waals surface area (Å²) in [5.74, 6) is -1.52. The summed E-state index contributed by atoms with van der Waals surface area (Å²) in [6.07, 6.45) is 0.196. The van der Waals surface area contributed by atoms with Gasteiger partial charge in [-0.25, -0.2) is 13.2 Å². The molecule has 2 aromatic carbocycles. The topological polar surface area (TPSA) is 122 Å². The van der Waals surface area contributed by atoms with Gasteiger partial charge < -0.3 is 15.4 Å². The molecule has 1 atom stereocenters. The summed E-state index contributed by atoms with van der Waals surface area (Å²) in [7, 11) is -3.91. The number of rotatable bonds is 4. The number of amides is 2. The van der Waals surface area contributed by atoms with Crippen molar-refractivity contribution < 1.29 is 27.5 Å². The fourth-order valence-electron chi connectivity index (χ4n) is 3.63. The van der Waals surface area contributed by atoms with Crippen LogP contribution in [-0.2, 0) is 30.8 Å². The van der Waals surface area contributed by atoms with Crippen LogP contribution in [0.5, 0.6) is 0 Å². The molecule has 31 heavy (non-hydrogen) atoms. The molecule has 1 unspecified atom stereocenters. The Morgan fingerprint density at radius 2 is 1.94 bits per heavy atom. The van der Waals surface area contributed by atoms with E-state index in [2.05, 4.69) is 10.6 Å². The highest BCUT2D eigenvalue weighted by Crippen LogP contribution is 2.29. The number of carbonyl (C=O) groups is 3. The number of benzene rings is 2. The Kier molecular flexibility index (Phi) is 5.28. The summed E-state index contributed by atoms with van der Waals surface area (Å²) in [6, 6.07) is 12.7. The van der Waals surface area contributed by atoms with Crippen molar-refractivity contribution >= 4 is 33.5 Å². The average Bonchev–Trinajstić information content (AvgIpc) is 2.74. The normalized spacial score (nSPS) is 21.6. The highest BCUT2D eigenvalue weighted by molar-refractivity contribution is 7.89. The maximum Gasteiger partial charge on any atom is 0.339 e. The number of ether oxygens (including phenoxy) is 1. The van der Waals surface area contributed by atoms with Crippen molar-refractivity contribution in [3.8, 4) is 0 Å². The van der Waals surface area contributed by atoms with E-state index in [1.807, 2.05) is 0 Å². The van der Waals surface area contributed by atoms with E-state index < -0.39 is 27.5 Å². The fraction of sp³-hybridized carbons (Fsp3) is 0.286. The van der Waals surface area contributed by atoms with Gasteiger partial charge in [0.15, 0.2) is 5.60 Å². The number of cyclic esters (lactones) is 1. The van der Waals surface area contributed by atoms with Crippen molar-refractivity contribution in [3.63, 3.8) is 0 Å². The third-order valence-electron chi connectivity index (χ3n) is 5.30. The molecule has 0 bridgehead atoms. The first-order chi connectivity index (χ1) is 14.7. The maximum atomic E-state index is 12.9. The second-order valence-electron chi connectivity index (χ2n) is 7.62. The molecular weight excluding hydrogens is 422 g/mol. The summed E-state index contributed by atoms with van der Waals surface area (Å²) in [5, 5.41) is 5.23. The van der Waals surface area contributed by atoms with Gasteiger partial charge in [0.05, 0.1) is 17.0 Å². The lowest BCUT2D eigenvalue weighted by Crippen LogP contribution is -2.49. The van der Waals surface area contributed by atoms with E-state index in [0.717, 1.165) is 4.31 Å². The molecule has 162 valence electrons. The zero-order valence-electron chi connectivity index (χ0n) is 16.8. The number of carbonyl (C=O) groups excluding carboxylic acids is 3. The van der Waals surface area contributed by atoms with Crippen LogP contribution in [0.25, 0.3) is 0 Å². The van der Waals surface area contributed by atoms with E-state index in [0.29, 0.717) is 11.1 Å². The van der Waals surface area contributed by atoms with Gasteiger partial charge in [0.2, 0.25) is 15.9 Å². The van der Waals surface area contributed by atoms with Crippen LogP contribution in [0, 0.1) is 0 Å². The minimum Gasteiger partial charge on any atom is -0.445 e. The molecule has 2 heterocycles. The van der Waals surface area contributed by atoms with Crippen molar-refractivity contribution in [3.05, 3.63) is 59.7 Å². The molecule has 0 aliphatic carbocycles. The third kappa shape index (κ3) is 4.04. The van der Waals surface area contributed by atoms with E-state index in [-0.39, 0.29) is 42.5 Å². The molecule has 0 spiro atoms. The van der Waals surface area contributed by atoms with Crippen molar-refractivity contribution in [2.45, 2.75) is 23.8 Å². The van der Waals surface area contributed by atoms with Gasteiger partial charge in [-0.15, -0.1) is 0 Å². The van der Waals surface area contributed by atoms with Gasteiger partial charge >= 0.3 is 5.97 Å². The number of esters is 1. The molecule has 9 nitrogen and oxygen atoms in total. The molecular formula is C21H21N3O6S. The van der Waals surface area contributed by atoms with E-state index >= 15 is 0 Å². The standard InChI is InChI=1S/C21H21N3O6S/c1-21(12-14-5-2-3-8-17(14)19(26)30-21)20(27)23-15-6-4-7-16(11-15)31(28,29)24-10-9-22-18(25)13-24/h2-8,11H,9-10,12-13H2,1H3,(H,22,25)(H,23,27). The average molecular weight is 443 g/mol. The summed E-state index contributed by atoms with van der Waals surface area (Å²) >= 11 is 0. The molecule has 2 N–H and O–H groups in total. The predicted molar refractivity (Wildman–Crippen MR) is 111 cm³/mol. The minimum atomic E-state index is -3.91. The largest absolute Gasteiger partial charge is 0.445 e. The minimum absolute atomic E-state index is 0.0452. The smallest absolute Gasteiger partial charge is 0.339 e. The van der Waals surface area contributed by atoms with Crippen molar-refractivity contribution in [1.82, 2.24) is 9.62 Å². The highest BCUT2D eigenvalue weighted by Gasteiger charge is 2.42. The van der Waals surface area contributed by atoms with E-state index in [9.17, 15) is 22.8 Å². The van der Waals surface area contributed by atoms with E-state index in [1.54, 1.807) is 30.3 Å². The van der Waals surface area contributed by atoms with Crippen LogP contribution < -0.4 is 10.6 Å². The molecule has 2 aliphatic heterocycles. The summed E-state index contributed by atoms with van der Waals surface area (Å²) < 4.78 is 32.3. The lowest BCUT2D eigenvalue weighted by molar-refractivity contribution is -0.134. The van der Waals surface area contributed by atoms with Gasteiger partial charge in [-0.05, 0) is 36.8 Å². The summed E-state index contributed by atoms with van der Waals surface area (Å²) in [5.41, 5.74) is -0.0724. The van der Waals surface area contributed by atoms with Gasteiger partial charge in [0.25, 0.3) is 5.91 Å². The van der Waals surface area contributed by atoms with Crippen LogP contribution in [0.1, 0.15) is 22.8 Å². The number of nitrogens with zero attached hydrogens (tertiary/aromatic N) is 1. The second kappa shape index (κ2) is 7.78. The molecule has 1 fully saturated rings. The third-order valence-corrected chi connectivity index (χ3v) is 7.14. The SMILES string of the molecule is CC1(C(=O)Nc2cccc(S(=O)(=O)N3CCNC(=O)C3)c2)Cc2ccccc2C(=O)O1. The van der Waals surface area contributed by atoms with Gasteiger partial charge in [0.1, 0.15) is 0 Å². The van der Waals surface area contributed by atoms with Gasteiger partial charge in [0, 0.05) is 25.2 Å². The predicted octanol–water partition coefficient (Wildman–Crippen LogP) is 0.917. The number of fused-ring (bicyclic) bond motifs is 1. The Morgan fingerprint density at radius 3 is 2.71 bits per heavy atom. The van der Waals surface area contributed by atoms with Gasteiger partial charge in [-0.1, -0.05) is 24.3 Å². The Morgan fingerprint density at radius 1 is 1.16 bits per heavy atom. The lowest BCUT2D eigenvalue weighted by atomic mass is 9.89. The van der Waals surface area contributed by atoms with Crippen LogP contribution in [0.15, 0.2) is 53.4 Å². The maximum absolute atomic E-state index is 12.9. The Labute approximate surface area is 179 Å². The molecule has 10 heteroatoms. The number of nitrogens with one attached hydrogen (secondary N) is 2. The zero-order chi connectivity index (χ0) is 22.2. The monoisotopic (exact) mass is 443 g/mol. The molecule has 2 aliphatic rings. The van der Waals surface area contributed by atoms with Crippen LogP contribution in [0.3, 0.4) is 0 Å². The molecule has 1 saturated heterocycles. The quantitative estimate of drug-likeness (QED) is 0.678. The van der Waals surface area contributed by atoms with Crippen molar-refractivity contribution in [2.75, 3.05) is 25.0 Å². The van der Waals surface area contributed by atoms with E-state index in [4.69, 9.17) is 4.74 Å². The summed E-state index contributed by atoms with van der Waals surface area (Å²) in [6.45, 7) is 1.66. The summed E-state index contributed by atoms with van der Waals surface area (Å²) in [4.78, 5) is 36.8. The number of hydrogen-bond donors (Lipinski definition) is 2. The molecule has 0 aromatic heterocycles. The lowest BCUT2D eigenvalue weighted by Gasteiger charge is -2.33. The van der Waals surface area contributed by atoms with Crippen LogP contribution >= 0.6 is 0 Å². The number of sulfonamides is 1. The second-order valence-corrected chi connectivity index (χ2v) is 9.56.